The van der Waals surface area contributed by atoms with Crippen LogP contribution in [-0.4, -0.2) is 29.9 Å². The molecule has 0 radical (unpaired) electrons. The Morgan fingerprint density at radius 3 is 2.36 bits per heavy atom. The zero-order valence-corrected chi connectivity index (χ0v) is 12.6. The molecule has 0 heterocycles. The second-order valence-electron chi connectivity index (χ2n) is 5.74. The van der Waals surface area contributed by atoms with Crippen molar-refractivity contribution in [2.45, 2.75) is 38.5 Å². The number of methoxy groups -OCH3 is 1. The van der Waals surface area contributed by atoms with Crippen LogP contribution in [0.25, 0.3) is 0 Å². The number of ketones is 1. The molecule has 1 saturated carbocycles. The average Bonchev–Trinajstić information content (AvgIpc) is 2.87. The van der Waals surface area contributed by atoms with E-state index >= 15 is 0 Å². The van der Waals surface area contributed by atoms with Crippen molar-refractivity contribution in [2.75, 3.05) is 7.11 Å². The summed E-state index contributed by atoms with van der Waals surface area (Å²) in [6.45, 7) is 0. The summed E-state index contributed by atoms with van der Waals surface area (Å²) in [5.41, 5.74) is 0.771. The monoisotopic (exact) mass is 304 g/mol. The second-order valence-corrected chi connectivity index (χ2v) is 5.74. The molecule has 1 aromatic rings. The van der Waals surface area contributed by atoms with Crippen molar-refractivity contribution in [1.82, 2.24) is 0 Å². The molecule has 2 rings (SSSR count). The number of ether oxygens (including phenoxy) is 1. The highest BCUT2D eigenvalue weighted by molar-refractivity contribution is 6.05. The maximum atomic E-state index is 12.2. The van der Waals surface area contributed by atoms with Gasteiger partial charge in [-0.25, -0.2) is 0 Å². The van der Waals surface area contributed by atoms with Crippen molar-refractivity contribution >= 4 is 17.7 Å². The van der Waals surface area contributed by atoms with E-state index in [-0.39, 0.29) is 12.2 Å². The fourth-order valence-electron chi connectivity index (χ4n) is 3.02. The number of hydrogen-bond donors (Lipinski definition) is 1. The van der Waals surface area contributed by atoms with E-state index in [2.05, 4.69) is 0 Å². The minimum Gasteiger partial charge on any atom is -0.481 e. The molecule has 1 N–H and O–H groups in total. The Morgan fingerprint density at radius 2 is 1.86 bits per heavy atom. The summed E-state index contributed by atoms with van der Waals surface area (Å²) in [6, 6.07) is 7.41. The number of rotatable bonds is 6. The van der Waals surface area contributed by atoms with Crippen LogP contribution in [0.4, 0.5) is 0 Å². The van der Waals surface area contributed by atoms with Gasteiger partial charge in [0.25, 0.3) is 0 Å². The van der Waals surface area contributed by atoms with Crippen molar-refractivity contribution in [3.63, 3.8) is 0 Å². The van der Waals surface area contributed by atoms with Gasteiger partial charge < -0.3 is 9.84 Å². The molecule has 22 heavy (non-hydrogen) atoms. The summed E-state index contributed by atoms with van der Waals surface area (Å²) in [6.07, 6.45) is 2.56. The maximum Gasteiger partial charge on any atom is 0.319 e. The molecular formula is C17H20O5. The Balaban J connectivity index is 2.12. The number of carbonyl (C=O) groups is 3. The smallest absolute Gasteiger partial charge is 0.319 e. The number of benzene rings is 1. The standard InChI is InChI=1S/C17H20O5/c1-22-16(21)17(10-2-3-14(17)18)11-13-6-4-12(5-7-13)8-9-15(19)20/h4-7H,2-3,8-11H2,1H3,(H,19,20). The van der Waals surface area contributed by atoms with Gasteiger partial charge in [0.05, 0.1) is 7.11 Å². The number of carbonyl (C=O) groups excluding carboxylic acids is 2. The first kappa shape index (κ1) is 16.2. The summed E-state index contributed by atoms with van der Waals surface area (Å²) in [5.74, 6) is -1.33. The minimum atomic E-state index is -1.04. The van der Waals surface area contributed by atoms with Gasteiger partial charge >= 0.3 is 11.9 Å². The van der Waals surface area contributed by atoms with Crippen molar-refractivity contribution in [3.8, 4) is 0 Å². The minimum absolute atomic E-state index is 0.0469. The van der Waals surface area contributed by atoms with Crippen molar-refractivity contribution in [3.05, 3.63) is 35.4 Å². The average molecular weight is 304 g/mol. The third-order valence-electron chi connectivity index (χ3n) is 4.27. The third kappa shape index (κ3) is 3.35. The molecule has 1 unspecified atom stereocenters. The highest BCUT2D eigenvalue weighted by atomic mass is 16.5. The molecule has 0 aromatic heterocycles. The number of esters is 1. The van der Waals surface area contributed by atoms with Crippen molar-refractivity contribution in [2.24, 2.45) is 5.41 Å². The Kier molecular flexibility index (Phi) is 4.96. The predicted octanol–water partition coefficient (Wildman–Crippen LogP) is 2.16. The predicted molar refractivity (Wildman–Crippen MR) is 79.4 cm³/mol. The summed E-state index contributed by atoms with van der Waals surface area (Å²) in [4.78, 5) is 34.8. The Morgan fingerprint density at radius 1 is 1.23 bits per heavy atom. The molecule has 1 aromatic carbocycles. The number of carboxylic acids is 1. The summed E-state index contributed by atoms with van der Waals surface area (Å²) >= 11 is 0. The van der Waals surface area contributed by atoms with Crippen LogP contribution in [0, 0.1) is 5.41 Å². The highest BCUT2D eigenvalue weighted by Crippen LogP contribution is 2.39. The number of aryl methyl sites for hydroxylation is 1. The summed E-state index contributed by atoms with van der Waals surface area (Å²) in [5, 5.41) is 8.68. The summed E-state index contributed by atoms with van der Waals surface area (Å²) in [7, 11) is 1.31. The molecule has 0 bridgehead atoms. The van der Waals surface area contributed by atoms with Crippen LogP contribution in [0.1, 0.15) is 36.8 Å². The Labute approximate surface area is 129 Å². The van der Waals surface area contributed by atoms with Gasteiger partial charge in [0, 0.05) is 12.8 Å². The van der Waals surface area contributed by atoms with E-state index in [0.29, 0.717) is 32.1 Å². The molecule has 1 fully saturated rings. The number of Topliss-reactive ketones (excluding diaryl/α,β-unsaturated/α-hetero) is 1. The van der Waals surface area contributed by atoms with Crippen molar-refractivity contribution in [1.29, 1.82) is 0 Å². The third-order valence-corrected chi connectivity index (χ3v) is 4.27. The van der Waals surface area contributed by atoms with Crippen LogP contribution in [0.3, 0.4) is 0 Å². The molecule has 0 saturated heterocycles. The van der Waals surface area contributed by atoms with Gasteiger partial charge in [-0.2, -0.15) is 0 Å². The fraction of sp³-hybridized carbons (Fsp3) is 0.471. The lowest BCUT2D eigenvalue weighted by molar-refractivity contribution is -0.156. The maximum absolute atomic E-state index is 12.2. The van der Waals surface area contributed by atoms with Gasteiger partial charge in [-0.1, -0.05) is 24.3 Å². The van der Waals surface area contributed by atoms with Crippen LogP contribution in [0.5, 0.6) is 0 Å². The molecule has 5 heteroatoms. The molecule has 0 aliphatic heterocycles. The van der Waals surface area contributed by atoms with E-state index < -0.39 is 17.4 Å². The van der Waals surface area contributed by atoms with Crippen LogP contribution in [0.2, 0.25) is 0 Å². The molecule has 1 atom stereocenters. The lowest BCUT2D eigenvalue weighted by Gasteiger charge is -2.24. The van der Waals surface area contributed by atoms with Crippen LogP contribution < -0.4 is 0 Å². The SMILES string of the molecule is COC(=O)C1(Cc2ccc(CCC(=O)O)cc2)CCCC1=O. The molecule has 1 aliphatic rings. The Bertz CT molecular complexity index is 575. The van der Waals surface area contributed by atoms with E-state index in [0.717, 1.165) is 11.1 Å². The van der Waals surface area contributed by atoms with Crippen LogP contribution >= 0.6 is 0 Å². The molecule has 0 amide bonds. The van der Waals surface area contributed by atoms with Gasteiger partial charge in [-0.3, -0.25) is 14.4 Å². The van der Waals surface area contributed by atoms with E-state index in [9.17, 15) is 14.4 Å². The van der Waals surface area contributed by atoms with E-state index in [4.69, 9.17) is 9.84 Å². The van der Waals surface area contributed by atoms with E-state index in [1.54, 1.807) is 0 Å². The van der Waals surface area contributed by atoms with E-state index in [1.165, 1.54) is 7.11 Å². The molecule has 0 spiro atoms. The first-order valence-electron chi connectivity index (χ1n) is 7.39. The fourth-order valence-corrected chi connectivity index (χ4v) is 3.02. The van der Waals surface area contributed by atoms with E-state index in [1.807, 2.05) is 24.3 Å². The largest absolute Gasteiger partial charge is 0.481 e. The first-order chi connectivity index (χ1) is 10.5. The topological polar surface area (TPSA) is 80.7 Å². The van der Waals surface area contributed by atoms with Gasteiger partial charge in [-0.05, 0) is 36.8 Å². The number of carboxylic acid groups (broad SMARTS) is 1. The highest BCUT2D eigenvalue weighted by Gasteiger charge is 2.49. The quantitative estimate of drug-likeness (QED) is 0.643. The molecular weight excluding hydrogens is 284 g/mol. The van der Waals surface area contributed by atoms with Gasteiger partial charge in [0.1, 0.15) is 5.41 Å². The van der Waals surface area contributed by atoms with Crippen LogP contribution in [0.15, 0.2) is 24.3 Å². The molecule has 5 nitrogen and oxygen atoms in total. The first-order valence-corrected chi connectivity index (χ1v) is 7.39. The lowest BCUT2D eigenvalue weighted by Crippen LogP contribution is -2.38. The second kappa shape index (κ2) is 6.73. The number of hydrogen-bond acceptors (Lipinski definition) is 4. The molecule has 1 aliphatic carbocycles. The zero-order valence-electron chi connectivity index (χ0n) is 12.6. The Hall–Kier alpha value is -2.17. The lowest BCUT2D eigenvalue weighted by atomic mass is 9.79. The molecule has 118 valence electrons. The zero-order chi connectivity index (χ0) is 16.2. The van der Waals surface area contributed by atoms with Gasteiger partial charge in [0.15, 0.2) is 5.78 Å². The normalized spacial score (nSPS) is 20.9. The number of aliphatic carboxylic acids is 1. The van der Waals surface area contributed by atoms with Gasteiger partial charge in [0.2, 0.25) is 0 Å². The van der Waals surface area contributed by atoms with Crippen LogP contribution in [-0.2, 0) is 32.0 Å². The van der Waals surface area contributed by atoms with Gasteiger partial charge in [-0.15, -0.1) is 0 Å². The summed E-state index contributed by atoms with van der Waals surface area (Å²) < 4.78 is 4.84. The van der Waals surface area contributed by atoms with Crippen molar-refractivity contribution < 1.29 is 24.2 Å².